The molecule has 1 aliphatic rings. The number of amides is 1. The molecule has 1 fully saturated rings. The van der Waals surface area contributed by atoms with Crippen LogP contribution in [0.5, 0.6) is 5.75 Å². The number of carbonyl (C=O) groups excluding carboxylic acids is 1. The predicted molar refractivity (Wildman–Crippen MR) is 117 cm³/mol. The lowest BCUT2D eigenvalue weighted by molar-refractivity contribution is 0.0713. The molecular formula is C25H24N2O2. The fourth-order valence-corrected chi connectivity index (χ4v) is 4.48. The van der Waals surface area contributed by atoms with Gasteiger partial charge in [0.1, 0.15) is 5.75 Å². The van der Waals surface area contributed by atoms with Gasteiger partial charge in [-0.3, -0.25) is 4.79 Å². The molecule has 0 unspecified atom stereocenters. The SMILES string of the molecule is COc1ccc2[nH]cc(C3CCN(C(=O)c4ccc5ccccc5c4)CC3)c2c1. The minimum atomic E-state index is 0.134. The smallest absolute Gasteiger partial charge is 0.253 e. The molecular weight excluding hydrogens is 360 g/mol. The normalized spacial score (nSPS) is 15.1. The first-order valence-electron chi connectivity index (χ1n) is 10.2. The van der Waals surface area contributed by atoms with E-state index in [2.05, 4.69) is 35.4 Å². The number of rotatable bonds is 3. The molecule has 4 aromatic rings. The predicted octanol–water partition coefficient (Wildman–Crippen LogP) is 5.35. The highest BCUT2D eigenvalue weighted by molar-refractivity contribution is 5.98. The summed E-state index contributed by atoms with van der Waals surface area (Å²) in [4.78, 5) is 18.4. The molecule has 146 valence electrons. The van der Waals surface area contributed by atoms with Crippen molar-refractivity contribution in [2.45, 2.75) is 18.8 Å². The fourth-order valence-electron chi connectivity index (χ4n) is 4.48. The Bertz CT molecular complexity index is 1190. The van der Waals surface area contributed by atoms with Gasteiger partial charge in [-0.15, -0.1) is 0 Å². The Kier molecular flexibility index (Phi) is 4.47. The van der Waals surface area contributed by atoms with Crippen molar-refractivity contribution in [1.82, 2.24) is 9.88 Å². The standard InChI is InChI=1S/C25H24N2O2/c1-29-21-8-9-24-22(15-21)23(16-26-24)18-10-12-27(13-11-18)25(28)20-7-6-17-4-2-3-5-19(17)14-20/h2-9,14-16,18,26H,10-13H2,1H3. The van der Waals surface area contributed by atoms with Gasteiger partial charge in [-0.1, -0.05) is 30.3 Å². The molecule has 1 aliphatic heterocycles. The molecule has 0 atom stereocenters. The summed E-state index contributed by atoms with van der Waals surface area (Å²) in [6, 6.07) is 20.3. The molecule has 3 aromatic carbocycles. The van der Waals surface area contributed by atoms with Crippen molar-refractivity contribution in [3.05, 3.63) is 78.0 Å². The topological polar surface area (TPSA) is 45.3 Å². The second-order valence-corrected chi connectivity index (χ2v) is 7.78. The Morgan fingerprint density at radius 1 is 1.00 bits per heavy atom. The van der Waals surface area contributed by atoms with Crippen molar-refractivity contribution >= 4 is 27.6 Å². The third-order valence-electron chi connectivity index (χ3n) is 6.14. The first kappa shape index (κ1) is 17.8. The van der Waals surface area contributed by atoms with Crippen LogP contribution in [0, 0.1) is 0 Å². The fraction of sp³-hybridized carbons (Fsp3) is 0.240. The van der Waals surface area contributed by atoms with E-state index in [4.69, 9.17) is 4.74 Å². The van der Waals surface area contributed by atoms with E-state index in [1.807, 2.05) is 41.3 Å². The van der Waals surface area contributed by atoms with E-state index in [1.54, 1.807) is 7.11 Å². The van der Waals surface area contributed by atoms with E-state index in [9.17, 15) is 4.79 Å². The summed E-state index contributed by atoms with van der Waals surface area (Å²) < 4.78 is 5.40. The van der Waals surface area contributed by atoms with Gasteiger partial charge in [0.25, 0.3) is 5.91 Å². The van der Waals surface area contributed by atoms with Gasteiger partial charge in [-0.05, 0) is 65.4 Å². The van der Waals surface area contributed by atoms with Crippen LogP contribution in [0.25, 0.3) is 21.7 Å². The van der Waals surface area contributed by atoms with Crippen LogP contribution in [0.1, 0.15) is 34.7 Å². The highest BCUT2D eigenvalue weighted by Gasteiger charge is 2.26. The summed E-state index contributed by atoms with van der Waals surface area (Å²) in [6.45, 7) is 1.57. The van der Waals surface area contributed by atoms with Gasteiger partial charge in [0.05, 0.1) is 7.11 Å². The quantitative estimate of drug-likeness (QED) is 0.517. The minimum absolute atomic E-state index is 0.134. The van der Waals surface area contributed by atoms with Crippen molar-refractivity contribution in [3.8, 4) is 5.75 Å². The number of aromatic nitrogens is 1. The second kappa shape index (κ2) is 7.28. The van der Waals surface area contributed by atoms with Gasteiger partial charge in [0.15, 0.2) is 0 Å². The zero-order chi connectivity index (χ0) is 19.8. The molecule has 1 N–H and O–H groups in total. The average molecular weight is 384 g/mol. The summed E-state index contributed by atoms with van der Waals surface area (Å²) in [5, 5.41) is 3.50. The second-order valence-electron chi connectivity index (χ2n) is 7.78. The number of benzene rings is 3. The molecule has 1 saturated heterocycles. The lowest BCUT2D eigenvalue weighted by Gasteiger charge is -2.32. The average Bonchev–Trinajstić information content (AvgIpc) is 3.21. The van der Waals surface area contributed by atoms with E-state index < -0.39 is 0 Å². The molecule has 4 nitrogen and oxygen atoms in total. The summed E-state index contributed by atoms with van der Waals surface area (Å²) in [5.74, 6) is 1.47. The number of hydrogen-bond donors (Lipinski definition) is 1. The maximum atomic E-state index is 13.0. The van der Waals surface area contributed by atoms with Gasteiger partial charge in [0.2, 0.25) is 0 Å². The number of likely N-dealkylation sites (tertiary alicyclic amines) is 1. The van der Waals surface area contributed by atoms with E-state index >= 15 is 0 Å². The Balaban J connectivity index is 1.32. The number of piperidine rings is 1. The highest BCUT2D eigenvalue weighted by Crippen LogP contribution is 2.35. The van der Waals surface area contributed by atoms with Crippen LogP contribution in [-0.4, -0.2) is 36.0 Å². The molecule has 0 aliphatic carbocycles. The van der Waals surface area contributed by atoms with Crippen LogP contribution >= 0.6 is 0 Å². The van der Waals surface area contributed by atoms with Crippen LogP contribution < -0.4 is 4.74 Å². The number of fused-ring (bicyclic) bond motifs is 2. The van der Waals surface area contributed by atoms with Crippen LogP contribution in [0.2, 0.25) is 0 Å². The molecule has 1 aromatic heterocycles. The molecule has 0 saturated carbocycles. The first-order chi connectivity index (χ1) is 14.2. The third-order valence-corrected chi connectivity index (χ3v) is 6.14. The molecule has 2 heterocycles. The lowest BCUT2D eigenvalue weighted by atomic mass is 9.89. The van der Waals surface area contributed by atoms with Crippen LogP contribution in [0.3, 0.4) is 0 Å². The summed E-state index contributed by atoms with van der Waals surface area (Å²) in [6.07, 6.45) is 4.07. The Morgan fingerprint density at radius 3 is 2.59 bits per heavy atom. The molecule has 0 bridgehead atoms. The molecule has 5 rings (SSSR count). The number of H-pyrrole nitrogens is 1. The Morgan fingerprint density at radius 2 is 1.79 bits per heavy atom. The molecule has 4 heteroatoms. The number of methoxy groups -OCH3 is 1. The number of nitrogens with one attached hydrogen (secondary N) is 1. The van der Waals surface area contributed by atoms with Crippen molar-refractivity contribution in [3.63, 3.8) is 0 Å². The monoisotopic (exact) mass is 384 g/mol. The molecule has 0 spiro atoms. The van der Waals surface area contributed by atoms with Gasteiger partial charge in [0, 0.05) is 35.8 Å². The zero-order valence-electron chi connectivity index (χ0n) is 16.5. The summed E-state index contributed by atoms with van der Waals surface area (Å²) >= 11 is 0. The van der Waals surface area contributed by atoms with Crippen LogP contribution in [0.15, 0.2) is 66.9 Å². The molecule has 29 heavy (non-hydrogen) atoms. The number of ether oxygens (including phenoxy) is 1. The van der Waals surface area contributed by atoms with Gasteiger partial charge in [-0.2, -0.15) is 0 Å². The molecule has 0 radical (unpaired) electrons. The van der Waals surface area contributed by atoms with Crippen LogP contribution in [0.4, 0.5) is 0 Å². The van der Waals surface area contributed by atoms with Crippen molar-refractivity contribution in [1.29, 1.82) is 0 Å². The van der Waals surface area contributed by atoms with E-state index in [-0.39, 0.29) is 5.91 Å². The van der Waals surface area contributed by atoms with Crippen molar-refractivity contribution in [2.75, 3.05) is 20.2 Å². The number of carbonyl (C=O) groups is 1. The van der Waals surface area contributed by atoms with Crippen molar-refractivity contribution in [2.24, 2.45) is 0 Å². The Labute approximate surface area is 170 Å². The summed E-state index contributed by atoms with van der Waals surface area (Å²) in [5.41, 5.74) is 3.24. The van der Waals surface area contributed by atoms with Gasteiger partial charge in [-0.25, -0.2) is 0 Å². The van der Waals surface area contributed by atoms with E-state index in [1.165, 1.54) is 10.9 Å². The number of nitrogens with zero attached hydrogens (tertiary/aromatic N) is 1. The highest BCUT2D eigenvalue weighted by atomic mass is 16.5. The lowest BCUT2D eigenvalue weighted by Crippen LogP contribution is -2.37. The van der Waals surface area contributed by atoms with Crippen molar-refractivity contribution < 1.29 is 9.53 Å². The maximum absolute atomic E-state index is 13.0. The van der Waals surface area contributed by atoms with E-state index in [0.717, 1.165) is 53.5 Å². The van der Waals surface area contributed by atoms with Gasteiger partial charge < -0.3 is 14.6 Å². The van der Waals surface area contributed by atoms with Crippen LogP contribution in [-0.2, 0) is 0 Å². The largest absolute Gasteiger partial charge is 0.497 e. The zero-order valence-corrected chi connectivity index (χ0v) is 16.5. The third kappa shape index (κ3) is 3.25. The number of aromatic amines is 1. The first-order valence-corrected chi connectivity index (χ1v) is 10.2. The molecule has 1 amide bonds. The van der Waals surface area contributed by atoms with E-state index in [0.29, 0.717) is 5.92 Å². The van der Waals surface area contributed by atoms with Gasteiger partial charge >= 0.3 is 0 Å². The Hall–Kier alpha value is -3.27. The minimum Gasteiger partial charge on any atom is -0.497 e. The summed E-state index contributed by atoms with van der Waals surface area (Å²) in [7, 11) is 1.70. The number of hydrogen-bond acceptors (Lipinski definition) is 2. The maximum Gasteiger partial charge on any atom is 0.253 e.